The highest BCUT2D eigenvalue weighted by atomic mass is 16.7. The van der Waals surface area contributed by atoms with E-state index in [9.17, 15) is 4.79 Å². The van der Waals surface area contributed by atoms with Crippen LogP contribution < -0.4 is 10.4 Å². The summed E-state index contributed by atoms with van der Waals surface area (Å²) in [5.74, 6) is -0.278. The predicted molar refractivity (Wildman–Crippen MR) is 130 cm³/mol. The second-order valence-electron chi connectivity index (χ2n) is 11.1. The third-order valence-corrected chi connectivity index (χ3v) is 6.85. The van der Waals surface area contributed by atoms with Crippen LogP contribution in [0.3, 0.4) is 0 Å². The van der Waals surface area contributed by atoms with E-state index < -0.39 is 12.7 Å². The van der Waals surface area contributed by atoms with E-state index in [1.54, 1.807) is 0 Å². The maximum absolute atomic E-state index is 12.7. The van der Waals surface area contributed by atoms with Gasteiger partial charge in [-0.05, 0) is 73.4 Å². The van der Waals surface area contributed by atoms with E-state index in [4.69, 9.17) is 14.0 Å². The average Bonchev–Trinajstić information content (AvgIpc) is 3.29. The molecule has 4 rings (SSSR count). The number of piperidine rings is 1. The molecular weight excluding hydrogens is 417 g/mol. The monoisotopic (exact) mass is 453 g/mol. The van der Waals surface area contributed by atoms with Crippen molar-refractivity contribution in [3.05, 3.63) is 42.2 Å². The highest BCUT2D eigenvalue weighted by Gasteiger charge is 2.52. The number of nitrogens with zero attached hydrogens (tertiary/aromatic N) is 3. The highest BCUT2D eigenvalue weighted by Crippen LogP contribution is 2.36. The first-order valence-electron chi connectivity index (χ1n) is 11.8. The van der Waals surface area contributed by atoms with Gasteiger partial charge in [-0.3, -0.25) is 4.68 Å². The Balaban J connectivity index is 1.42. The fourth-order valence-electron chi connectivity index (χ4n) is 4.28. The summed E-state index contributed by atoms with van der Waals surface area (Å²) in [7, 11) is -0.399. The van der Waals surface area contributed by atoms with Gasteiger partial charge in [0, 0.05) is 30.9 Å². The standard InChI is InChI=1S/C25H36BN3O4/c1-23(2,3)31-22(30)20-10-8-9-11-21(20)28-14-12-19(13-15-28)29-17-18(16-27-29)26-32-24(4,5)25(6,7)33-26/h8-11,16-17,19H,12-15H2,1-7H3. The van der Waals surface area contributed by atoms with E-state index in [-0.39, 0.29) is 17.2 Å². The number of hydrogen-bond acceptors (Lipinski definition) is 6. The summed E-state index contributed by atoms with van der Waals surface area (Å²) in [6, 6.07) is 8.01. The Hall–Kier alpha value is -2.32. The SMILES string of the molecule is CC(C)(C)OC(=O)c1ccccc1N1CCC(n2cc(B3OC(C)(C)C(C)(C)O3)cn2)CC1. The second-order valence-corrected chi connectivity index (χ2v) is 11.1. The molecule has 1 aromatic heterocycles. The fourth-order valence-corrected chi connectivity index (χ4v) is 4.28. The third-order valence-electron chi connectivity index (χ3n) is 6.85. The van der Waals surface area contributed by atoms with Crippen molar-refractivity contribution in [2.45, 2.75) is 84.2 Å². The number of hydrogen-bond donors (Lipinski definition) is 0. The maximum atomic E-state index is 12.7. The number of ether oxygens (including phenoxy) is 1. The van der Waals surface area contributed by atoms with Crippen LogP contribution in [0.15, 0.2) is 36.7 Å². The van der Waals surface area contributed by atoms with E-state index in [1.165, 1.54) is 0 Å². The van der Waals surface area contributed by atoms with Crippen LogP contribution in [-0.2, 0) is 14.0 Å². The zero-order valence-electron chi connectivity index (χ0n) is 20.9. The molecule has 33 heavy (non-hydrogen) atoms. The normalized spacial score (nSPS) is 20.8. The van der Waals surface area contributed by atoms with E-state index in [0.29, 0.717) is 11.6 Å². The van der Waals surface area contributed by atoms with E-state index >= 15 is 0 Å². The maximum Gasteiger partial charge on any atom is 0.498 e. The number of anilines is 1. The molecule has 0 unspecified atom stereocenters. The molecule has 0 saturated carbocycles. The minimum absolute atomic E-state index is 0.278. The molecule has 2 fully saturated rings. The molecule has 0 N–H and O–H groups in total. The van der Waals surface area contributed by atoms with Gasteiger partial charge in [0.15, 0.2) is 0 Å². The summed E-state index contributed by atoms with van der Waals surface area (Å²) in [5, 5.41) is 4.63. The Kier molecular flexibility index (Phi) is 6.12. The first kappa shape index (κ1) is 23.8. The number of esters is 1. The molecule has 0 atom stereocenters. The predicted octanol–water partition coefficient (Wildman–Crippen LogP) is 3.98. The van der Waals surface area contributed by atoms with Crippen molar-refractivity contribution in [1.29, 1.82) is 0 Å². The molecule has 8 heteroatoms. The van der Waals surface area contributed by atoms with Gasteiger partial charge >= 0.3 is 13.1 Å². The topological polar surface area (TPSA) is 65.8 Å². The number of carbonyl (C=O) groups excluding carboxylic acids is 1. The van der Waals surface area contributed by atoms with Crippen LogP contribution in [0.5, 0.6) is 0 Å². The third kappa shape index (κ3) is 4.97. The van der Waals surface area contributed by atoms with Gasteiger partial charge in [0.05, 0.1) is 28.5 Å². The molecule has 0 bridgehead atoms. The summed E-state index contributed by atoms with van der Waals surface area (Å²) in [6.45, 7) is 15.6. The van der Waals surface area contributed by atoms with E-state index in [1.807, 2.05) is 55.9 Å². The number of carbonyl (C=O) groups is 1. The van der Waals surface area contributed by atoms with Crippen LogP contribution in [0, 0.1) is 0 Å². The van der Waals surface area contributed by atoms with Gasteiger partial charge in [-0.25, -0.2) is 4.79 Å². The number of benzene rings is 1. The van der Waals surface area contributed by atoms with Gasteiger partial charge in [-0.15, -0.1) is 0 Å². The minimum atomic E-state index is -0.522. The average molecular weight is 453 g/mol. The van der Waals surface area contributed by atoms with Crippen LogP contribution in [0.2, 0.25) is 0 Å². The minimum Gasteiger partial charge on any atom is -0.456 e. The smallest absolute Gasteiger partial charge is 0.456 e. The van der Waals surface area contributed by atoms with Gasteiger partial charge in [0.25, 0.3) is 0 Å². The Morgan fingerprint density at radius 2 is 1.70 bits per heavy atom. The number of aromatic nitrogens is 2. The van der Waals surface area contributed by atoms with Crippen molar-refractivity contribution < 1.29 is 18.8 Å². The quantitative estimate of drug-likeness (QED) is 0.516. The lowest BCUT2D eigenvalue weighted by atomic mass is 9.82. The summed E-state index contributed by atoms with van der Waals surface area (Å²) < 4.78 is 20.0. The number of para-hydroxylation sites is 1. The van der Waals surface area contributed by atoms with Crippen molar-refractivity contribution in [2.24, 2.45) is 0 Å². The van der Waals surface area contributed by atoms with Gasteiger partial charge in [0.1, 0.15) is 5.60 Å². The second kappa shape index (κ2) is 8.47. The molecule has 2 aromatic rings. The summed E-state index contributed by atoms with van der Waals surface area (Å²) in [4.78, 5) is 15.0. The van der Waals surface area contributed by atoms with Gasteiger partial charge in [-0.1, -0.05) is 12.1 Å². The van der Waals surface area contributed by atoms with Crippen molar-refractivity contribution in [2.75, 3.05) is 18.0 Å². The molecule has 1 aromatic carbocycles. The molecule has 7 nitrogen and oxygen atoms in total. The molecular formula is C25H36BN3O4. The molecule has 2 saturated heterocycles. The first-order chi connectivity index (χ1) is 15.4. The van der Waals surface area contributed by atoms with Crippen LogP contribution in [0.4, 0.5) is 5.69 Å². The van der Waals surface area contributed by atoms with Crippen LogP contribution in [-0.4, -0.2) is 52.8 Å². The van der Waals surface area contributed by atoms with Gasteiger partial charge in [-0.2, -0.15) is 5.10 Å². The molecule has 0 radical (unpaired) electrons. The molecule has 0 aliphatic carbocycles. The lowest BCUT2D eigenvalue weighted by Gasteiger charge is -2.34. The van der Waals surface area contributed by atoms with Crippen molar-refractivity contribution in [3.63, 3.8) is 0 Å². The van der Waals surface area contributed by atoms with Gasteiger partial charge < -0.3 is 18.9 Å². The van der Waals surface area contributed by atoms with Crippen LogP contribution in [0.25, 0.3) is 0 Å². The fraction of sp³-hybridized carbons (Fsp3) is 0.600. The number of rotatable bonds is 4. The van der Waals surface area contributed by atoms with Crippen molar-refractivity contribution >= 4 is 24.2 Å². The molecule has 3 heterocycles. The van der Waals surface area contributed by atoms with Crippen LogP contribution >= 0.6 is 0 Å². The largest absolute Gasteiger partial charge is 0.498 e. The first-order valence-corrected chi connectivity index (χ1v) is 11.8. The van der Waals surface area contributed by atoms with E-state index in [2.05, 4.69) is 43.9 Å². The zero-order valence-corrected chi connectivity index (χ0v) is 20.9. The Labute approximate surface area is 197 Å². The van der Waals surface area contributed by atoms with Crippen LogP contribution in [0.1, 0.15) is 77.7 Å². The van der Waals surface area contributed by atoms with Crippen molar-refractivity contribution in [3.8, 4) is 0 Å². The Bertz CT molecular complexity index is 987. The Morgan fingerprint density at radius 1 is 1.09 bits per heavy atom. The summed E-state index contributed by atoms with van der Waals surface area (Å²) in [5.41, 5.74) is 1.24. The molecule has 178 valence electrons. The Morgan fingerprint density at radius 3 is 2.30 bits per heavy atom. The molecule has 2 aliphatic rings. The summed E-state index contributed by atoms with van der Waals surface area (Å²) in [6.07, 6.45) is 5.78. The van der Waals surface area contributed by atoms with E-state index in [0.717, 1.165) is 37.1 Å². The lowest BCUT2D eigenvalue weighted by Crippen LogP contribution is -2.41. The molecule has 0 spiro atoms. The highest BCUT2D eigenvalue weighted by molar-refractivity contribution is 6.62. The molecule has 0 amide bonds. The van der Waals surface area contributed by atoms with Gasteiger partial charge in [0.2, 0.25) is 0 Å². The molecule has 2 aliphatic heterocycles. The summed E-state index contributed by atoms with van der Waals surface area (Å²) >= 11 is 0. The van der Waals surface area contributed by atoms with Crippen molar-refractivity contribution in [1.82, 2.24) is 9.78 Å². The lowest BCUT2D eigenvalue weighted by molar-refractivity contribution is 0.00578. The zero-order chi connectivity index (χ0) is 24.0.